The average molecular weight is 176 g/mol. The van der Waals surface area contributed by atoms with Crippen LogP contribution in [0.25, 0.3) is 0 Å². The molecule has 0 aliphatic carbocycles. The van der Waals surface area contributed by atoms with Crippen LogP contribution in [0, 0.1) is 5.92 Å². The second-order valence-corrected chi connectivity index (χ2v) is 5.70. The molecule has 0 saturated carbocycles. The van der Waals surface area contributed by atoms with Crippen LogP contribution in [-0.4, -0.2) is 19.4 Å². The highest BCUT2D eigenvalue weighted by atomic mass is 32.2. The van der Waals surface area contributed by atoms with Crippen molar-refractivity contribution in [3.63, 3.8) is 0 Å². The second kappa shape index (κ2) is 3.13. The Balaban J connectivity index is 2.71. The van der Waals surface area contributed by atoms with Crippen molar-refractivity contribution < 1.29 is 8.42 Å². The molecule has 0 amide bonds. The van der Waals surface area contributed by atoms with Gasteiger partial charge in [-0.2, -0.15) is 0 Å². The van der Waals surface area contributed by atoms with E-state index in [4.69, 9.17) is 0 Å². The molecule has 0 aromatic rings. The van der Waals surface area contributed by atoms with E-state index in [1.807, 2.05) is 6.92 Å². The lowest BCUT2D eigenvalue weighted by molar-refractivity contribution is 0.534. The summed E-state index contributed by atoms with van der Waals surface area (Å²) in [4.78, 5) is 0. The Kier molecular flexibility index (Phi) is 2.58. The van der Waals surface area contributed by atoms with Crippen LogP contribution in [0.15, 0.2) is 0 Å². The van der Waals surface area contributed by atoms with E-state index in [-0.39, 0.29) is 5.25 Å². The lowest BCUT2D eigenvalue weighted by Gasteiger charge is -2.03. The summed E-state index contributed by atoms with van der Waals surface area (Å²) in [5.74, 6) is 0.868. The van der Waals surface area contributed by atoms with Crippen LogP contribution in [0.3, 0.4) is 0 Å². The minimum Gasteiger partial charge on any atom is -0.229 e. The molecule has 3 heteroatoms. The lowest BCUT2D eigenvalue weighted by atomic mass is 10.0. The Bertz CT molecular complexity index is 218. The normalized spacial score (nSPS) is 35.8. The van der Waals surface area contributed by atoms with Gasteiger partial charge in [-0.15, -0.1) is 0 Å². The number of sulfone groups is 1. The summed E-state index contributed by atoms with van der Waals surface area (Å²) in [6.07, 6.45) is 2.70. The molecule has 0 N–H and O–H groups in total. The van der Waals surface area contributed by atoms with Crippen LogP contribution in [0.4, 0.5) is 0 Å². The van der Waals surface area contributed by atoms with Crippen molar-refractivity contribution in [2.45, 2.75) is 38.4 Å². The fourth-order valence-electron chi connectivity index (χ4n) is 1.76. The van der Waals surface area contributed by atoms with Crippen molar-refractivity contribution in [1.29, 1.82) is 0 Å². The molecule has 2 atom stereocenters. The number of hydrogen-bond acceptors (Lipinski definition) is 2. The minimum atomic E-state index is -2.70. The zero-order valence-electron chi connectivity index (χ0n) is 7.21. The van der Waals surface area contributed by atoms with Gasteiger partial charge in [-0.25, -0.2) is 8.42 Å². The van der Waals surface area contributed by atoms with Crippen molar-refractivity contribution in [3.8, 4) is 0 Å². The number of hydrogen-bond donors (Lipinski definition) is 0. The summed E-state index contributed by atoms with van der Waals surface area (Å²) in [5.41, 5.74) is 0. The summed E-state index contributed by atoms with van der Waals surface area (Å²) < 4.78 is 22.7. The Morgan fingerprint density at radius 3 is 2.18 bits per heavy atom. The topological polar surface area (TPSA) is 34.1 Å². The molecule has 1 aliphatic heterocycles. The van der Waals surface area contributed by atoms with Crippen LogP contribution in [-0.2, 0) is 9.84 Å². The van der Waals surface area contributed by atoms with Gasteiger partial charge in [-0.05, 0) is 18.8 Å². The zero-order valence-corrected chi connectivity index (χ0v) is 8.02. The largest absolute Gasteiger partial charge is 0.229 e. The predicted octanol–water partition coefficient (Wildman–Crippen LogP) is 1.61. The standard InChI is InChI=1S/C8H16O2S/c1-3-7-5-8(4-2)11(9,10)6-7/h7-8H,3-6H2,1-2H3/t7-,8+/m0/s1. The molecule has 0 unspecified atom stereocenters. The molecule has 0 bridgehead atoms. The monoisotopic (exact) mass is 176 g/mol. The van der Waals surface area contributed by atoms with Gasteiger partial charge in [0.25, 0.3) is 0 Å². The quantitative estimate of drug-likeness (QED) is 0.640. The first kappa shape index (κ1) is 9.04. The van der Waals surface area contributed by atoms with Gasteiger partial charge in [0, 0.05) is 0 Å². The van der Waals surface area contributed by atoms with E-state index in [0.717, 1.165) is 19.3 Å². The maximum absolute atomic E-state index is 11.4. The van der Waals surface area contributed by atoms with E-state index < -0.39 is 9.84 Å². The Labute approximate surface area is 68.9 Å². The van der Waals surface area contributed by atoms with Crippen LogP contribution in [0.2, 0.25) is 0 Å². The molecular formula is C8H16O2S. The van der Waals surface area contributed by atoms with Gasteiger partial charge in [0.05, 0.1) is 11.0 Å². The third kappa shape index (κ3) is 1.75. The fourth-order valence-corrected chi connectivity index (χ4v) is 4.13. The third-order valence-corrected chi connectivity index (χ3v) is 5.08. The highest BCUT2D eigenvalue weighted by Crippen LogP contribution is 2.29. The van der Waals surface area contributed by atoms with Gasteiger partial charge in [0.15, 0.2) is 9.84 Å². The molecule has 66 valence electrons. The first-order valence-corrected chi connectivity index (χ1v) is 6.03. The van der Waals surface area contributed by atoms with Crippen molar-refractivity contribution in [3.05, 3.63) is 0 Å². The highest BCUT2D eigenvalue weighted by Gasteiger charge is 2.35. The van der Waals surface area contributed by atoms with Crippen molar-refractivity contribution in [2.24, 2.45) is 5.92 Å². The molecule has 11 heavy (non-hydrogen) atoms. The molecule has 1 rings (SSSR count). The van der Waals surface area contributed by atoms with E-state index in [0.29, 0.717) is 11.7 Å². The maximum atomic E-state index is 11.4. The van der Waals surface area contributed by atoms with Gasteiger partial charge in [0.2, 0.25) is 0 Å². The Hall–Kier alpha value is -0.0500. The first-order valence-electron chi connectivity index (χ1n) is 4.31. The summed E-state index contributed by atoms with van der Waals surface area (Å²) in [6, 6.07) is 0. The second-order valence-electron chi connectivity index (χ2n) is 3.37. The molecule has 0 radical (unpaired) electrons. The smallest absolute Gasteiger partial charge is 0.153 e. The molecule has 0 spiro atoms. The average Bonchev–Trinajstić information content (AvgIpc) is 2.24. The molecule has 1 fully saturated rings. The van der Waals surface area contributed by atoms with Crippen molar-refractivity contribution >= 4 is 9.84 Å². The Morgan fingerprint density at radius 1 is 1.27 bits per heavy atom. The molecule has 1 aliphatic rings. The van der Waals surface area contributed by atoms with Crippen LogP contribution in [0.1, 0.15) is 33.1 Å². The molecule has 0 aromatic carbocycles. The Morgan fingerprint density at radius 2 is 1.91 bits per heavy atom. The van der Waals surface area contributed by atoms with Gasteiger partial charge in [0.1, 0.15) is 0 Å². The molecule has 0 aromatic heterocycles. The summed E-state index contributed by atoms with van der Waals surface area (Å²) in [6.45, 7) is 4.03. The summed E-state index contributed by atoms with van der Waals surface area (Å²) >= 11 is 0. The highest BCUT2D eigenvalue weighted by molar-refractivity contribution is 7.92. The fraction of sp³-hybridized carbons (Fsp3) is 1.00. The van der Waals surface area contributed by atoms with Crippen molar-refractivity contribution in [1.82, 2.24) is 0 Å². The van der Waals surface area contributed by atoms with Crippen LogP contribution >= 0.6 is 0 Å². The van der Waals surface area contributed by atoms with Gasteiger partial charge in [-0.1, -0.05) is 20.3 Å². The minimum absolute atomic E-state index is 0.0348. The van der Waals surface area contributed by atoms with Gasteiger partial charge in [-0.3, -0.25) is 0 Å². The third-order valence-electron chi connectivity index (χ3n) is 2.60. The molecule has 1 saturated heterocycles. The number of rotatable bonds is 2. The molecule has 1 heterocycles. The molecule has 2 nitrogen and oxygen atoms in total. The van der Waals surface area contributed by atoms with E-state index in [1.54, 1.807) is 0 Å². The van der Waals surface area contributed by atoms with E-state index in [1.165, 1.54) is 0 Å². The zero-order chi connectivity index (χ0) is 8.48. The first-order chi connectivity index (χ1) is 5.10. The van der Waals surface area contributed by atoms with Crippen molar-refractivity contribution in [2.75, 3.05) is 5.75 Å². The van der Waals surface area contributed by atoms with Crippen LogP contribution < -0.4 is 0 Å². The van der Waals surface area contributed by atoms with Crippen LogP contribution in [0.5, 0.6) is 0 Å². The van der Waals surface area contributed by atoms with E-state index >= 15 is 0 Å². The summed E-state index contributed by atoms with van der Waals surface area (Å²) in [5, 5.41) is -0.0348. The maximum Gasteiger partial charge on any atom is 0.153 e. The van der Waals surface area contributed by atoms with Gasteiger partial charge < -0.3 is 0 Å². The SMILES string of the molecule is CC[C@H]1C[C@@H](CC)S(=O)(=O)C1. The predicted molar refractivity (Wildman–Crippen MR) is 46.3 cm³/mol. The lowest BCUT2D eigenvalue weighted by Crippen LogP contribution is -2.13. The van der Waals surface area contributed by atoms with E-state index in [9.17, 15) is 8.42 Å². The van der Waals surface area contributed by atoms with E-state index in [2.05, 4.69) is 6.92 Å². The molecular weight excluding hydrogens is 160 g/mol. The van der Waals surface area contributed by atoms with Gasteiger partial charge >= 0.3 is 0 Å². The summed E-state index contributed by atoms with van der Waals surface area (Å²) in [7, 11) is -2.70.